The van der Waals surface area contributed by atoms with Crippen molar-refractivity contribution in [2.45, 2.75) is 26.2 Å². The van der Waals surface area contributed by atoms with E-state index in [2.05, 4.69) is 28.4 Å². The van der Waals surface area contributed by atoms with Crippen LogP contribution in [0.4, 0.5) is 21.0 Å². The number of nitrogens with one attached hydrogen (secondary N) is 4. The van der Waals surface area contributed by atoms with Crippen molar-refractivity contribution in [2.75, 3.05) is 17.3 Å². The molecule has 0 spiro atoms. The van der Waals surface area contributed by atoms with Crippen LogP contribution >= 0.6 is 22.6 Å². The normalized spacial score (nSPS) is 9.70. The van der Waals surface area contributed by atoms with Crippen molar-refractivity contribution in [3.8, 4) is 0 Å². The Hall–Kier alpha value is -1.51. The first-order valence-corrected chi connectivity index (χ1v) is 7.56. The van der Waals surface area contributed by atoms with Crippen LogP contribution in [0, 0.1) is 0 Å². The second-order valence-corrected chi connectivity index (χ2v) is 5.17. The Morgan fingerprint density at radius 1 is 1.10 bits per heavy atom. The number of amides is 3. The summed E-state index contributed by atoms with van der Waals surface area (Å²) in [4.78, 5) is 22.3. The van der Waals surface area contributed by atoms with Crippen molar-refractivity contribution < 1.29 is 9.59 Å². The summed E-state index contributed by atoms with van der Waals surface area (Å²) in [5.74, 6) is 0. The summed E-state index contributed by atoms with van der Waals surface area (Å²) in [5.41, 5.74) is 6.64. The lowest BCUT2D eigenvalue weighted by Gasteiger charge is -2.09. The largest absolute Gasteiger partial charge is 0.338 e. The Balaban J connectivity index is 2.33. The predicted octanol–water partition coefficient (Wildman–Crippen LogP) is 3.47. The Kier molecular flexibility index (Phi) is 7.78. The highest BCUT2D eigenvalue weighted by atomic mass is 127. The number of carbonyl (C=O) groups is 2. The van der Waals surface area contributed by atoms with E-state index in [0.717, 1.165) is 24.9 Å². The van der Waals surface area contributed by atoms with Crippen LogP contribution in [-0.4, -0.2) is 16.5 Å². The van der Waals surface area contributed by atoms with Gasteiger partial charge in [-0.2, -0.15) is 0 Å². The van der Waals surface area contributed by atoms with Gasteiger partial charge in [-0.1, -0.05) is 19.8 Å². The summed E-state index contributed by atoms with van der Waals surface area (Å²) in [5, 5.41) is 5.54. The third-order valence-electron chi connectivity index (χ3n) is 2.51. The van der Waals surface area contributed by atoms with E-state index in [0.29, 0.717) is 12.2 Å². The second-order valence-electron chi connectivity index (χ2n) is 4.19. The van der Waals surface area contributed by atoms with Gasteiger partial charge in [0.25, 0.3) is 3.91 Å². The van der Waals surface area contributed by atoms with Crippen LogP contribution in [0.25, 0.3) is 0 Å². The van der Waals surface area contributed by atoms with Crippen molar-refractivity contribution in [3.05, 3.63) is 24.3 Å². The van der Waals surface area contributed by atoms with Crippen molar-refractivity contribution >= 4 is 43.9 Å². The molecule has 0 radical (unpaired) electrons. The van der Waals surface area contributed by atoms with Gasteiger partial charge >= 0.3 is 6.03 Å². The Labute approximate surface area is 132 Å². The van der Waals surface area contributed by atoms with E-state index >= 15 is 0 Å². The van der Waals surface area contributed by atoms with Crippen molar-refractivity contribution in [1.29, 1.82) is 0 Å². The minimum atomic E-state index is -0.206. The van der Waals surface area contributed by atoms with Crippen molar-refractivity contribution in [1.82, 2.24) is 10.7 Å². The van der Waals surface area contributed by atoms with Gasteiger partial charge in [0.1, 0.15) is 0 Å². The molecule has 0 aromatic heterocycles. The van der Waals surface area contributed by atoms with E-state index in [1.807, 2.05) is 0 Å². The van der Waals surface area contributed by atoms with Gasteiger partial charge in [0.2, 0.25) is 0 Å². The molecule has 0 bridgehead atoms. The summed E-state index contributed by atoms with van der Waals surface area (Å²) >= 11 is 1.63. The lowest BCUT2D eigenvalue weighted by molar-refractivity contribution is 0.252. The van der Waals surface area contributed by atoms with Crippen LogP contribution in [-0.2, 0) is 0 Å². The molecule has 0 unspecified atom stereocenters. The molecule has 0 aliphatic rings. The number of halogens is 1. The highest BCUT2D eigenvalue weighted by molar-refractivity contribution is 14.1. The number of hydrogen-bond acceptors (Lipinski definition) is 3. The smallest absolute Gasteiger partial charge is 0.319 e. The van der Waals surface area contributed by atoms with E-state index in [4.69, 9.17) is 0 Å². The van der Waals surface area contributed by atoms with Gasteiger partial charge in [-0.3, -0.25) is 15.6 Å². The molecule has 1 aromatic carbocycles. The topological polar surface area (TPSA) is 82.3 Å². The summed E-state index contributed by atoms with van der Waals surface area (Å²) in [6, 6.07) is 6.83. The van der Waals surface area contributed by atoms with Crippen LogP contribution in [0.3, 0.4) is 0 Å². The molecule has 1 aromatic rings. The van der Waals surface area contributed by atoms with Crippen LogP contribution in [0.5, 0.6) is 0 Å². The fourth-order valence-corrected chi connectivity index (χ4v) is 1.65. The molecular formula is C13H19IN4O2. The standard InChI is InChI=1S/C13H19IN4O2/c1-2-3-4-9-15-13(20)16-10-5-7-11(8-6-10)17-18-12(14)19/h5-8,17H,2-4,9H2,1H3,(H,18,19)(H2,15,16,20). The van der Waals surface area contributed by atoms with Crippen LogP contribution in [0.15, 0.2) is 24.3 Å². The molecule has 0 saturated heterocycles. The quantitative estimate of drug-likeness (QED) is 0.189. The summed E-state index contributed by atoms with van der Waals surface area (Å²) < 4.78 is -0.198. The van der Waals surface area contributed by atoms with Gasteiger partial charge < -0.3 is 10.6 Å². The van der Waals surface area contributed by atoms with Crippen LogP contribution in [0.2, 0.25) is 0 Å². The zero-order chi connectivity index (χ0) is 14.8. The number of rotatable bonds is 7. The van der Waals surface area contributed by atoms with E-state index in [9.17, 15) is 9.59 Å². The van der Waals surface area contributed by atoms with E-state index in [-0.39, 0.29) is 9.95 Å². The molecule has 6 nitrogen and oxygen atoms in total. The molecule has 20 heavy (non-hydrogen) atoms. The van der Waals surface area contributed by atoms with E-state index in [1.165, 1.54) is 0 Å². The minimum absolute atomic E-state index is 0.198. The second kappa shape index (κ2) is 9.40. The molecule has 7 heteroatoms. The Morgan fingerprint density at radius 2 is 1.75 bits per heavy atom. The lowest BCUT2D eigenvalue weighted by Crippen LogP contribution is -2.29. The third-order valence-corrected chi connectivity index (χ3v) is 2.78. The summed E-state index contributed by atoms with van der Waals surface area (Å²) in [6.07, 6.45) is 3.23. The molecule has 0 fully saturated rings. The van der Waals surface area contributed by atoms with Gasteiger partial charge in [0, 0.05) is 34.8 Å². The molecule has 0 atom stereocenters. The first-order valence-electron chi connectivity index (χ1n) is 6.48. The van der Waals surface area contributed by atoms with Gasteiger partial charge in [-0.15, -0.1) is 0 Å². The number of hydrogen-bond donors (Lipinski definition) is 4. The molecule has 0 heterocycles. The fraction of sp³-hybridized carbons (Fsp3) is 0.385. The number of unbranched alkanes of at least 4 members (excludes halogenated alkanes) is 2. The van der Waals surface area contributed by atoms with E-state index < -0.39 is 0 Å². The molecule has 1 rings (SSSR count). The maximum absolute atomic E-state index is 11.6. The zero-order valence-electron chi connectivity index (χ0n) is 11.3. The van der Waals surface area contributed by atoms with Crippen LogP contribution < -0.4 is 21.5 Å². The van der Waals surface area contributed by atoms with Crippen molar-refractivity contribution in [3.63, 3.8) is 0 Å². The zero-order valence-corrected chi connectivity index (χ0v) is 13.5. The highest BCUT2D eigenvalue weighted by Crippen LogP contribution is 2.12. The van der Waals surface area contributed by atoms with Crippen molar-refractivity contribution in [2.24, 2.45) is 0 Å². The average molecular weight is 390 g/mol. The predicted molar refractivity (Wildman–Crippen MR) is 89.2 cm³/mol. The summed E-state index contributed by atoms with van der Waals surface area (Å²) in [7, 11) is 0. The lowest BCUT2D eigenvalue weighted by atomic mass is 10.2. The van der Waals surface area contributed by atoms with Gasteiger partial charge in [0.15, 0.2) is 0 Å². The molecule has 3 amide bonds. The maximum atomic E-state index is 11.6. The first-order chi connectivity index (χ1) is 9.61. The Bertz CT molecular complexity index is 437. The van der Waals surface area contributed by atoms with Gasteiger partial charge in [-0.25, -0.2) is 4.79 Å². The van der Waals surface area contributed by atoms with Gasteiger partial charge in [-0.05, 0) is 30.7 Å². The molecule has 4 N–H and O–H groups in total. The number of urea groups is 1. The molecule has 0 aliphatic heterocycles. The van der Waals surface area contributed by atoms with Gasteiger partial charge in [0.05, 0.1) is 5.69 Å². The minimum Gasteiger partial charge on any atom is -0.338 e. The summed E-state index contributed by atoms with van der Waals surface area (Å²) in [6.45, 7) is 2.80. The molecule has 0 saturated carbocycles. The average Bonchev–Trinajstić information content (AvgIpc) is 2.43. The molecule has 0 aliphatic carbocycles. The molecular weight excluding hydrogens is 371 g/mol. The van der Waals surface area contributed by atoms with E-state index in [1.54, 1.807) is 46.9 Å². The maximum Gasteiger partial charge on any atom is 0.319 e. The highest BCUT2D eigenvalue weighted by Gasteiger charge is 2.01. The molecule has 110 valence electrons. The number of hydrazine groups is 1. The Morgan fingerprint density at radius 3 is 2.35 bits per heavy atom. The van der Waals surface area contributed by atoms with Crippen LogP contribution in [0.1, 0.15) is 26.2 Å². The monoisotopic (exact) mass is 390 g/mol. The number of benzene rings is 1. The SMILES string of the molecule is CCCCCNC(=O)Nc1ccc(NNC(=O)I)cc1. The fourth-order valence-electron chi connectivity index (χ4n) is 1.51. The number of anilines is 2. The third kappa shape index (κ3) is 7.17. The number of carbonyl (C=O) groups excluding carboxylic acids is 2. The first kappa shape index (κ1) is 16.5.